The highest BCUT2D eigenvalue weighted by molar-refractivity contribution is 5.81. The van der Waals surface area contributed by atoms with Crippen molar-refractivity contribution in [3.8, 4) is 0 Å². The molecule has 0 spiro atoms. The Balaban J connectivity index is 2.18. The van der Waals surface area contributed by atoms with E-state index in [-0.39, 0.29) is 0 Å². The van der Waals surface area contributed by atoms with Gasteiger partial charge in [-0.15, -0.1) is 5.10 Å². The molecule has 0 aliphatic carbocycles. The maximum Gasteiger partial charge on any atom is 0.183 e. The molecule has 0 saturated heterocycles. The molecule has 2 heterocycles. The monoisotopic (exact) mass is 235 g/mol. The van der Waals surface area contributed by atoms with Gasteiger partial charge in [0.15, 0.2) is 17.0 Å². The van der Waals surface area contributed by atoms with Crippen molar-refractivity contribution < 1.29 is 0 Å². The summed E-state index contributed by atoms with van der Waals surface area (Å²) in [4.78, 5) is 8.16. The molecule has 0 fully saturated rings. The Morgan fingerprint density at radius 1 is 1.41 bits per heavy atom. The molecule has 0 bridgehead atoms. The van der Waals surface area contributed by atoms with Crippen molar-refractivity contribution in [3.63, 3.8) is 0 Å². The van der Waals surface area contributed by atoms with E-state index in [1.807, 2.05) is 0 Å². The molecule has 2 aromatic heterocycles. The smallest absolute Gasteiger partial charge is 0.183 e. The number of rotatable bonds is 5. The van der Waals surface area contributed by atoms with Gasteiger partial charge in [0, 0.05) is 6.54 Å². The number of nitrogens with two attached hydrogens (primary N) is 1. The number of aryl methyl sites for hydroxylation is 1. The zero-order valence-electron chi connectivity index (χ0n) is 10.1. The Kier molecular flexibility index (Phi) is 3.48. The van der Waals surface area contributed by atoms with Crippen LogP contribution in [0.5, 0.6) is 0 Å². The van der Waals surface area contributed by atoms with Crippen molar-refractivity contribution in [3.05, 3.63) is 6.33 Å². The molecule has 0 atom stereocenters. The van der Waals surface area contributed by atoms with E-state index in [0.717, 1.165) is 25.0 Å². The number of nitrogens with one attached hydrogen (secondary N) is 1. The van der Waals surface area contributed by atoms with Crippen molar-refractivity contribution in [2.45, 2.75) is 33.2 Å². The summed E-state index contributed by atoms with van der Waals surface area (Å²) in [6, 6.07) is 0. The van der Waals surface area contributed by atoms with Crippen molar-refractivity contribution in [1.29, 1.82) is 0 Å². The van der Waals surface area contributed by atoms with Crippen LogP contribution >= 0.6 is 0 Å². The minimum atomic E-state index is 0.505. The van der Waals surface area contributed by atoms with E-state index in [1.54, 1.807) is 4.68 Å². The van der Waals surface area contributed by atoms with Gasteiger partial charge in [0.2, 0.25) is 0 Å². The van der Waals surface area contributed by atoms with E-state index in [1.165, 1.54) is 6.33 Å². The normalized spacial score (nSPS) is 11.3. The highest BCUT2D eigenvalue weighted by Crippen LogP contribution is 2.15. The molecule has 7 nitrogen and oxygen atoms in total. The first kappa shape index (κ1) is 11.7. The average Bonchev–Trinajstić information content (AvgIpc) is 2.72. The quantitative estimate of drug-likeness (QED) is 0.591. The van der Waals surface area contributed by atoms with E-state index >= 15 is 0 Å². The Morgan fingerprint density at radius 3 is 2.94 bits per heavy atom. The summed E-state index contributed by atoms with van der Waals surface area (Å²) >= 11 is 0. The lowest BCUT2D eigenvalue weighted by Gasteiger charge is -2.04. The number of nitrogen functional groups attached to an aromatic ring is 1. The van der Waals surface area contributed by atoms with Crippen LogP contribution in [0.2, 0.25) is 0 Å². The molecule has 0 radical (unpaired) electrons. The molecule has 92 valence electrons. The third kappa shape index (κ3) is 2.50. The van der Waals surface area contributed by atoms with Crippen LogP contribution in [0, 0.1) is 5.92 Å². The van der Waals surface area contributed by atoms with Crippen LogP contribution in [0.1, 0.15) is 26.7 Å². The highest BCUT2D eigenvalue weighted by atomic mass is 15.4. The molecule has 0 amide bonds. The second-order valence-electron chi connectivity index (χ2n) is 4.39. The second kappa shape index (κ2) is 5.05. The summed E-state index contributed by atoms with van der Waals surface area (Å²) in [5.41, 5.74) is 3.82. The van der Waals surface area contributed by atoms with Gasteiger partial charge in [-0.3, -0.25) is 0 Å². The Labute approximate surface area is 99.4 Å². The number of nitrogens with zero attached hydrogens (tertiary/aromatic N) is 5. The molecule has 17 heavy (non-hydrogen) atoms. The lowest BCUT2D eigenvalue weighted by atomic mass is 10.1. The Hall–Kier alpha value is -1.76. The van der Waals surface area contributed by atoms with Crippen LogP contribution in [0.4, 0.5) is 5.82 Å². The summed E-state index contributed by atoms with van der Waals surface area (Å²) in [7, 11) is 0. The summed E-state index contributed by atoms with van der Waals surface area (Å²) < 4.78 is 1.79. The molecule has 7 heteroatoms. The maximum absolute atomic E-state index is 5.35. The van der Waals surface area contributed by atoms with Gasteiger partial charge >= 0.3 is 0 Å². The number of anilines is 1. The van der Waals surface area contributed by atoms with Gasteiger partial charge in [-0.25, -0.2) is 20.5 Å². The fourth-order valence-electron chi connectivity index (χ4n) is 1.70. The molecule has 3 N–H and O–H groups in total. The molecule has 0 aliphatic heterocycles. The van der Waals surface area contributed by atoms with Gasteiger partial charge in [0.1, 0.15) is 6.33 Å². The molecule has 0 unspecified atom stereocenters. The Morgan fingerprint density at radius 2 is 2.24 bits per heavy atom. The number of hydrogen-bond acceptors (Lipinski definition) is 6. The van der Waals surface area contributed by atoms with Crippen molar-refractivity contribution in [1.82, 2.24) is 25.0 Å². The third-order valence-corrected chi connectivity index (χ3v) is 2.59. The number of hydrogen-bond donors (Lipinski definition) is 2. The van der Waals surface area contributed by atoms with Crippen LogP contribution in [0.3, 0.4) is 0 Å². The molecule has 2 aromatic rings. The fraction of sp³-hybridized carbons (Fsp3) is 0.600. The summed E-state index contributed by atoms with van der Waals surface area (Å²) in [5, 5.41) is 8.10. The van der Waals surface area contributed by atoms with Gasteiger partial charge in [0.25, 0.3) is 0 Å². The predicted molar refractivity (Wildman–Crippen MR) is 65.0 cm³/mol. The molecular formula is C10H17N7. The molecule has 0 saturated carbocycles. The third-order valence-electron chi connectivity index (χ3n) is 2.59. The molecule has 0 aromatic carbocycles. The summed E-state index contributed by atoms with van der Waals surface area (Å²) in [6.07, 6.45) is 3.68. The Bertz CT molecular complexity index is 490. The van der Waals surface area contributed by atoms with Gasteiger partial charge in [-0.2, -0.15) is 0 Å². The van der Waals surface area contributed by atoms with E-state index in [0.29, 0.717) is 17.3 Å². The average molecular weight is 235 g/mol. The molecular weight excluding hydrogens is 218 g/mol. The van der Waals surface area contributed by atoms with Crippen LogP contribution in [-0.4, -0.2) is 25.0 Å². The fourth-order valence-corrected chi connectivity index (χ4v) is 1.70. The SMILES string of the molecule is CC(C)CCCn1nnc2c(NN)ncnc21. The van der Waals surface area contributed by atoms with Crippen molar-refractivity contribution in [2.75, 3.05) is 5.43 Å². The first-order valence-corrected chi connectivity index (χ1v) is 5.73. The minimum Gasteiger partial charge on any atom is -0.306 e. The van der Waals surface area contributed by atoms with Gasteiger partial charge in [-0.05, 0) is 18.8 Å². The topological polar surface area (TPSA) is 94.5 Å². The first-order valence-electron chi connectivity index (χ1n) is 5.73. The van der Waals surface area contributed by atoms with Crippen LogP contribution in [-0.2, 0) is 6.54 Å². The largest absolute Gasteiger partial charge is 0.306 e. The van der Waals surface area contributed by atoms with Crippen LogP contribution in [0.25, 0.3) is 11.2 Å². The van der Waals surface area contributed by atoms with Crippen molar-refractivity contribution in [2.24, 2.45) is 11.8 Å². The summed E-state index contributed by atoms with van der Waals surface area (Å²) in [5.74, 6) is 6.55. The second-order valence-corrected chi connectivity index (χ2v) is 4.39. The van der Waals surface area contributed by atoms with E-state index in [4.69, 9.17) is 5.84 Å². The zero-order chi connectivity index (χ0) is 12.3. The highest BCUT2D eigenvalue weighted by Gasteiger charge is 2.10. The zero-order valence-corrected chi connectivity index (χ0v) is 10.1. The van der Waals surface area contributed by atoms with Crippen molar-refractivity contribution >= 4 is 17.0 Å². The van der Waals surface area contributed by atoms with E-state index in [9.17, 15) is 0 Å². The standard InChI is InChI=1S/C10H17N7/c1-7(2)4-3-5-17-10-8(15-16-17)9(14-11)12-6-13-10/h6-7H,3-5,11H2,1-2H3,(H,12,13,14). The van der Waals surface area contributed by atoms with E-state index < -0.39 is 0 Å². The maximum atomic E-state index is 5.35. The lowest BCUT2D eigenvalue weighted by molar-refractivity contribution is 0.488. The van der Waals surface area contributed by atoms with Crippen LogP contribution < -0.4 is 11.3 Å². The summed E-state index contributed by atoms with van der Waals surface area (Å²) in [6.45, 7) is 5.23. The predicted octanol–water partition coefficient (Wildman–Crippen LogP) is 0.943. The van der Waals surface area contributed by atoms with Crippen LogP contribution in [0.15, 0.2) is 6.33 Å². The minimum absolute atomic E-state index is 0.505. The number of hydrazine groups is 1. The van der Waals surface area contributed by atoms with Gasteiger partial charge in [-0.1, -0.05) is 19.1 Å². The van der Waals surface area contributed by atoms with Gasteiger partial charge < -0.3 is 5.43 Å². The van der Waals surface area contributed by atoms with Gasteiger partial charge in [0.05, 0.1) is 0 Å². The number of aromatic nitrogens is 5. The molecule has 2 rings (SSSR count). The molecule has 0 aliphatic rings. The first-order chi connectivity index (χ1) is 8.22. The number of fused-ring (bicyclic) bond motifs is 1. The van der Waals surface area contributed by atoms with E-state index in [2.05, 4.69) is 39.6 Å². The lowest BCUT2D eigenvalue weighted by Crippen LogP contribution is -2.09.